The Balaban J connectivity index is 1.29. The van der Waals surface area contributed by atoms with Crippen molar-refractivity contribution in [2.24, 2.45) is 0 Å². The predicted molar refractivity (Wildman–Crippen MR) is 118 cm³/mol. The van der Waals surface area contributed by atoms with Crippen LogP contribution in [-0.4, -0.2) is 35.1 Å². The van der Waals surface area contributed by atoms with Crippen molar-refractivity contribution in [2.75, 3.05) is 13.1 Å². The lowest BCUT2D eigenvalue weighted by Gasteiger charge is -2.31. The van der Waals surface area contributed by atoms with E-state index in [1.807, 2.05) is 29.2 Å². The van der Waals surface area contributed by atoms with Gasteiger partial charge in [0.1, 0.15) is 6.10 Å². The first-order valence-electron chi connectivity index (χ1n) is 9.80. The molecule has 1 saturated heterocycles. The average molecular weight is 430 g/mol. The van der Waals surface area contributed by atoms with Crippen LogP contribution < -0.4 is 10.1 Å². The maximum atomic E-state index is 12.4. The van der Waals surface area contributed by atoms with E-state index in [0.29, 0.717) is 24.7 Å². The minimum atomic E-state index is -0.0374. The number of carbonyl (C=O) groups excluding carboxylic acids is 1. The first-order chi connectivity index (χ1) is 14.0. The maximum Gasteiger partial charge on any atom is 0.317 e. The van der Waals surface area contributed by atoms with Crippen LogP contribution in [0.4, 0.5) is 4.79 Å². The van der Waals surface area contributed by atoms with Gasteiger partial charge in [0.25, 0.3) is 5.19 Å². The van der Waals surface area contributed by atoms with E-state index >= 15 is 0 Å². The standard InChI is InChI=1S/C22H24ClN3O2S/c1-14-3-4-15(2)20-19(14)25-22(29-20)28-18-9-11-26(12-10-18)21(27)24-13-16-5-7-17(23)8-6-16/h3-8,18H,9-13H2,1-2H3,(H,24,27). The topological polar surface area (TPSA) is 54.5 Å². The Morgan fingerprint density at radius 3 is 2.55 bits per heavy atom. The summed E-state index contributed by atoms with van der Waals surface area (Å²) in [4.78, 5) is 19.0. The SMILES string of the molecule is Cc1ccc(C)c2sc(OC3CCN(C(=O)NCc4ccc(Cl)cc4)CC3)nc12. The van der Waals surface area contributed by atoms with Crippen LogP contribution in [0.15, 0.2) is 36.4 Å². The number of hydrogen-bond donors (Lipinski definition) is 1. The largest absolute Gasteiger partial charge is 0.467 e. The fraction of sp³-hybridized carbons (Fsp3) is 0.364. The Bertz CT molecular complexity index is 972. The molecule has 1 fully saturated rings. The Morgan fingerprint density at radius 2 is 1.86 bits per heavy atom. The molecule has 1 N–H and O–H groups in total. The maximum absolute atomic E-state index is 12.4. The van der Waals surface area contributed by atoms with Crippen LogP contribution in [0.1, 0.15) is 29.5 Å². The lowest BCUT2D eigenvalue weighted by Crippen LogP contribution is -2.46. The molecule has 29 heavy (non-hydrogen) atoms. The van der Waals surface area contributed by atoms with Gasteiger partial charge in [-0.1, -0.05) is 47.2 Å². The van der Waals surface area contributed by atoms with E-state index in [-0.39, 0.29) is 12.1 Å². The summed E-state index contributed by atoms with van der Waals surface area (Å²) >= 11 is 7.50. The summed E-state index contributed by atoms with van der Waals surface area (Å²) in [6.07, 6.45) is 1.71. The number of halogens is 1. The van der Waals surface area contributed by atoms with Crippen molar-refractivity contribution in [1.29, 1.82) is 0 Å². The third kappa shape index (κ3) is 4.65. The second-order valence-corrected chi connectivity index (χ2v) is 8.84. The molecule has 0 bridgehead atoms. The van der Waals surface area contributed by atoms with Crippen LogP contribution in [0, 0.1) is 13.8 Å². The van der Waals surface area contributed by atoms with Crippen molar-refractivity contribution in [1.82, 2.24) is 15.2 Å². The monoisotopic (exact) mass is 429 g/mol. The smallest absolute Gasteiger partial charge is 0.317 e. The van der Waals surface area contributed by atoms with Gasteiger partial charge >= 0.3 is 6.03 Å². The van der Waals surface area contributed by atoms with Crippen LogP contribution in [-0.2, 0) is 6.54 Å². The van der Waals surface area contributed by atoms with Gasteiger partial charge in [-0.25, -0.2) is 9.78 Å². The molecular weight excluding hydrogens is 406 g/mol. The van der Waals surface area contributed by atoms with Crippen LogP contribution >= 0.6 is 22.9 Å². The van der Waals surface area contributed by atoms with Gasteiger partial charge < -0.3 is 15.0 Å². The fourth-order valence-electron chi connectivity index (χ4n) is 3.50. The third-order valence-electron chi connectivity index (χ3n) is 5.28. The van der Waals surface area contributed by atoms with Gasteiger partial charge in [0.05, 0.1) is 10.2 Å². The van der Waals surface area contributed by atoms with E-state index in [1.165, 1.54) is 15.8 Å². The van der Waals surface area contributed by atoms with E-state index in [9.17, 15) is 4.79 Å². The summed E-state index contributed by atoms with van der Waals surface area (Å²) in [5.41, 5.74) is 4.46. The van der Waals surface area contributed by atoms with Gasteiger partial charge in [0, 0.05) is 37.5 Å². The average Bonchev–Trinajstić information content (AvgIpc) is 3.16. The highest BCUT2D eigenvalue weighted by Crippen LogP contribution is 2.33. The number of carbonyl (C=O) groups is 1. The Hall–Kier alpha value is -2.31. The molecule has 1 aromatic heterocycles. The highest BCUT2D eigenvalue weighted by Gasteiger charge is 2.25. The second-order valence-electron chi connectivity index (χ2n) is 7.45. The van der Waals surface area contributed by atoms with Crippen molar-refractivity contribution in [3.05, 3.63) is 58.1 Å². The summed E-state index contributed by atoms with van der Waals surface area (Å²) in [5, 5.41) is 4.40. The molecule has 2 amide bonds. The van der Waals surface area contributed by atoms with Gasteiger partial charge in [0.15, 0.2) is 0 Å². The fourth-order valence-corrected chi connectivity index (χ4v) is 4.66. The number of rotatable bonds is 4. The molecular formula is C22H24ClN3O2S. The Kier molecular flexibility index (Phi) is 5.92. The molecule has 2 heterocycles. The minimum absolute atomic E-state index is 0.0374. The molecule has 4 rings (SSSR count). The zero-order chi connectivity index (χ0) is 20.4. The van der Waals surface area contributed by atoms with E-state index in [4.69, 9.17) is 16.3 Å². The van der Waals surface area contributed by atoms with E-state index < -0.39 is 0 Å². The lowest BCUT2D eigenvalue weighted by molar-refractivity contribution is 0.111. The first kappa shape index (κ1) is 20.0. The molecule has 2 aromatic carbocycles. The van der Waals surface area contributed by atoms with Gasteiger partial charge in [-0.2, -0.15) is 0 Å². The van der Waals surface area contributed by atoms with Gasteiger partial charge in [-0.15, -0.1) is 0 Å². The number of piperidine rings is 1. The molecule has 1 aliphatic heterocycles. The molecule has 7 heteroatoms. The van der Waals surface area contributed by atoms with Crippen molar-refractivity contribution in [3.63, 3.8) is 0 Å². The number of hydrogen-bond acceptors (Lipinski definition) is 4. The van der Waals surface area contributed by atoms with E-state index in [1.54, 1.807) is 11.3 Å². The number of nitrogens with one attached hydrogen (secondary N) is 1. The number of amides is 2. The number of aromatic nitrogens is 1. The molecule has 3 aromatic rings. The molecule has 0 saturated carbocycles. The number of ether oxygens (including phenoxy) is 1. The number of thiazole rings is 1. The Labute approximate surface area is 179 Å². The molecule has 0 unspecified atom stereocenters. The van der Waals surface area contributed by atoms with Crippen LogP contribution in [0.2, 0.25) is 5.02 Å². The first-order valence-corrected chi connectivity index (χ1v) is 11.0. The normalized spacial score (nSPS) is 14.9. The van der Waals surface area contributed by atoms with Crippen molar-refractivity contribution < 1.29 is 9.53 Å². The molecule has 0 spiro atoms. The summed E-state index contributed by atoms with van der Waals surface area (Å²) in [6.45, 7) is 6.04. The second kappa shape index (κ2) is 8.59. The molecule has 0 atom stereocenters. The zero-order valence-electron chi connectivity index (χ0n) is 16.6. The summed E-state index contributed by atoms with van der Waals surface area (Å²) < 4.78 is 7.35. The van der Waals surface area contributed by atoms with Gasteiger partial charge in [0.2, 0.25) is 0 Å². The highest BCUT2D eigenvalue weighted by molar-refractivity contribution is 7.20. The molecule has 0 aliphatic carbocycles. The Morgan fingerprint density at radius 1 is 1.17 bits per heavy atom. The van der Waals surface area contributed by atoms with Crippen molar-refractivity contribution in [3.8, 4) is 5.19 Å². The predicted octanol–water partition coefficient (Wildman–Crippen LogP) is 5.32. The summed E-state index contributed by atoms with van der Waals surface area (Å²) in [6, 6.07) is 11.7. The van der Waals surface area contributed by atoms with Crippen LogP contribution in [0.5, 0.6) is 5.19 Å². The van der Waals surface area contributed by atoms with E-state index in [0.717, 1.165) is 29.1 Å². The number of urea groups is 1. The molecule has 1 aliphatic rings. The highest BCUT2D eigenvalue weighted by atomic mass is 35.5. The zero-order valence-corrected chi connectivity index (χ0v) is 18.1. The summed E-state index contributed by atoms with van der Waals surface area (Å²) in [5.74, 6) is 0. The minimum Gasteiger partial charge on any atom is -0.467 e. The third-order valence-corrected chi connectivity index (χ3v) is 6.61. The van der Waals surface area contributed by atoms with Crippen molar-refractivity contribution in [2.45, 2.75) is 39.3 Å². The quantitative estimate of drug-likeness (QED) is 0.610. The lowest BCUT2D eigenvalue weighted by atomic mass is 10.1. The van der Waals surface area contributed by atoms with E-state index in [2.05, 4.69) is 36.3 Å². The molecule has 5 nitrogen and oxygen atoms in total. The number of likely N-dealkylation sites (tertiary alicyclic amines) is 1. The molecule has 152 valence electrons. The van der Waals surface area contributed by atoms with Gasteiger partial charge in [-0.05, 0) is 42.7 Å². The summed E-state index contributed by atoms with van der Waals surface area (Å²) in [7, 11) is 0. The molecule has 0 radical (unpaired) electrons. The number of benzene rings is 2. The number of fused-ring (bicyclic) bond motifs is 1. The van der Waals surface area contributed by atoms with Crippen LogP contribution in [0.25, 0.3) is 10.2 Å². The van der Waals surface area contributed by atoms with Gasteiger partial charge in [-0.3, -0.25) is 0 Å². The number of aryl methyl sites for hydroxylation is 2. The van der Waals surface area contributed by atoms with Crippen LogP contribution in [0.3, 0.4) is 0 Å². The number of nitrogens with zero attached hydrogens (tertiary/aromatic N) is 2. The van der Waals surface area contributed by atoms with Crippen molar-refractivity contribution >= 4 is 39.2 Å².